The number of halogens is 1. The molecule has 106 valence electrons. The molecular formula is C15H22FNO2. The first-order valence-electron chi connectivity index (χ1n) is 6.86. The van der Waals surface area contributed by atoms with E-state index in [-0.39, 0.29) is 23.7 Å². The number of hydrogen-bond acceptors (Lipinski definition) is 3. The highest BCUT2D eigenvalue weighted by Crippen LogP contribution is 2.34. The summed E-state index contributed by atoms with van der Waals surface area (Å²) in [6.45, 7) is 5.69. The molecule has 3 unspecified atom stereocenters. The molecule has 0 radical (unpaired) electrons. The molecule has 1 aliphatic heterocycles. The molecule has 1 aliphatic rings. The van der Waals surface area contributed by atoms with Crippen molar-refractivity contribution in [2.24, 2.45) is 5.92 Å². The van der Waals surface area contributed by atoms with Crippen LogP contribution in [-0.2, 0) is 4.74 Å². The van der Waals surface area contributed by atoms with E-state index in [0.29, 0.717) is 11.5 Å². The van der Waals surface area contributed by atoms with Crippen LogP contribution in [0.15, 0.2) is 18.2 Å². The van der Waals surface area contributed by atoms with Crippen molar-refractivity contribution in [1.82, 2.24) is 5.32 Å². The average molecular weight is 267 g/mol. The lowest BCUT2D eigenvalue weighted by molar-refractivity contribution is 0.0599. The van der Waals surface area contributed by atoms with Gasteiger partial charge in [0.05, 0.1) is 19.3 Å². The lowest BCUT2D eigenvalue weighted by Gasteiger charge is -2.28. The Bertz CT molecular complexity index is 425. The zero-order valence-corrected chi connectivity index (χ0v) is 11.8. The lowest BCUT2D eigenvalue weighted by atomic mass is 9.92. The first kappa shape index (κ1) is 14.3. The summed E-state index contributed by atoms with van der Waals surface area (Å²) in [7, 11) is 1.49. The molecule has 1 saturated heterocycles. The molecule has 4 heteroatoms. The van der Waals surface area contributed by atoms with Gasteiger partial charge >= 0.3 is 0 Å². The van der Waals surface area contributed by atoms with Gasteiger partial charge in [0.25, 0.3) is 0 Å². The second-order valence-electron chi connectivity index (χ2n) is 5.00. The SMILES string of the molecule is CCNC(c1cccc(OC)c1F)C1OCCC1C. The summed E-state index contributed by atoms with van der Waals surface area (Å²) < 4.78 is 25.3. The zero-order chi connectivity index (χ0) is 13.8. The van der Waals surface area contributed by atoms with E-state index in [9.17, 15) is 4.39 Å². The van der Waals surface area contributed by atoms with Gasteiger partial charge in [-0.05, 0) is 24.9 Å². The molecule has 2 rings (SSSR count). The van der Waals surface area contributed by atoms with Gasteiger partial charge in [0.1, 0.15) is 0 Å². The van der Waals surface area contributed by atoms with Gasteiger partial charge in [-0.3, -0.25) is 0 Å². The predicted octanol–water partition coefficient (Wildman–Crippen LogP) is 2.91. The Labute approximate surface area is 114 Å². The summed E-state index contributed by atoms with van der Waals surface area (Å²) in [4.78, 5) is 0. The van der Waals surface area contributed by atoms with E-state index in [1.807, 2.05) is 13.0 Å². The summed E-state index contributed by atoms with van der Waals surface area (Å²) in [6.07, 6.45) is 1.04. The molecule has 1 fully saturated rings. The molecule has 1 heterocycles. The van der Waals surface area contributed by atoms with Gasteiger partial charge in [-0.2, -0.15) is 0 Å². The Morgan fingerprint density at radius 1 is 1.53 bits per heavy atom. The van der Waals surface area contributed by atoms with Crippen molar-refractivity contribution in [2.75, 3.05) is 20.3 Å². The first-order valence-corrected chi connectivity index (χ1v) is 6.86. The van der Waals surface area contributed by atoms with E-state index in [1.54, 1.807) is 12.1 Å². The van der Waals surface area contributed by atoms with Crippen LogP contribution >= 0.6 is 0 Å². The predicted molar refractivity (Wildman–Crippen MR) is 72.9 cm³/mol. The van der Waals surface area contributed by atoms with Crippen LogP contribution in [-0.4, -0.2) is 26.4 Å². The largest absolute Gasteiger partial charge is 0.494 e. The van der Waals surface area contributed by atoms with Crippen LogP contribution in [0.5, 0.6) is 5.75 Å². The summed E-state index contributed by atoms with van der Waals surface area (Å²) in [6, 6.07) is 5.14. The molecule has 0 amide bonds. The molecule has 1 aromatic carbocycles. The van der Waals surface area contributed by atoms with E-state index >= 15 is 0 Å². The maximum Gasteiger partial charge on any atom is 0.169 e. The number of methoxy groups -OCH3 is 1. The Morgan fingerprint density at radius 2 is 2.32 bits per heavy atom. The zero-order valence-electron chi connectivity index (χ0n) is 11.8. The molecule has 0 aliphatic carbocycles. The molecular weight excluding hydrogens is 245 g/mol. The highest BCUT2D eigenvalue weighted by atomic mass is 19.1. The van der Waals surface area contributed by atoms with Crippen molar-refractivity contribution in [2.45, 2.75) is 32.4 Å². The third-order valence-electron chi connectivity index (χ3n) is 3.75. The smallest absolute Gasteiger partial charge is 0.169 e. The number of likely N-dealkylation sites (N-methyl/N-ethyl adjacent to an activating group) is 1. The van der Waals surface area contributed by atoms with Crippen molar-refractivity contribution >= 4 is 0 Å². The standard InChI is InChI=1S/C15H22FNO2/c1-4-17-14(15-10(2)8-9-19-15)11-6-5-7-12(18-3)13(11)16/h5-7,10,14-15,17H,4,8-9H2,1-3H3. The Morgan fingerprint density at radius 3 is 2.89 bits per heavy atom. The van der Waals surface area contributed by atoms with E-state index in [0.717, 1.165) is 19.6 Å². The second-order valence-corrected chi connectivity index (χ2v) is 5.00. The minimum Gasteiger partial charge on any atom is -0.494 e. The number of benzene rings is 1. The highest BCUT2D eigenvalue weighted by Gasteiger charge is 2.34. The summed E-state index contributed by atoms with van der Waals surface area (Å²) in [5.74, 6) is 0.416. The van der Waals surface area contributed by atoms with E-state index in [1.165, 1.54) is 7.11 Å². The summed E-state index contributed by atoms with van der Waals surface area (Å²) in [5.41, 5.74) is 0.625. The van der Waals surface area contributed by atoms with Gasteiger partial charge < -0.3 is 14.8 Å². The average Bonchev–Trinajstić information content (AvgIpc) is 2.83. The fourth-order valence-corrected chi connectivity index (χ4v) is 2.69. The fourth-order valence-electron chi connectivity index (χ4n) is 2.69. The van der Waals surface area contributed by atoms with Crippen molar-refractivity contribution in [3.63, 3.8) is 0 Å². The van der Waals surface area contributed by atoms with Crippen molar-refractivity contribution < 1.29 is 13.9 Å². The van der Waals surface area contributed by atoms with Crippen LogP contribution in [0.25, 0.3) is 0 Å². The summed E-state index contributed by atoms with van der Waals surface area (Å²) >= 11 is 0. The number of nitrogens with one attached hydrogen (secondary N) is 1. The minimum atomic E-state index is -0.293. The van der Waals surface area contributed by atoms with E-state index in [2.05, 4.69) is 12.2 Å². The van der Waals surface area contributed by atoms with Crippen LogP contribution in [0.4, 0.5) is 4.39 Å². The van der Waals surface area contributed by atoms with E-state index < -0.39 is 0 Å². The van der Waals surface area contributed by atoms with Gasteiger partial charge in [0.15, 0.2) is 11.6 Å². The van der Waals surface area contributed by atoms with Crippen LogP contribution in [0.3, 0.4) is 0 Å². The molecule has 1 aromatic rings. The molecule has 0 saturated carbocycles. The van der Waals surface area contributed by atoms with Gasteiger partial charge in [0.2, 0.25) is 0 Å². The number of hydrogen-bond donors (Lipinski definition) is 1. The molecule has 3 atom stereocenters. The minimum absolute atomic E-state index is 0.0153. The van der Waals surface area contributed by atoms with Crippen molar-refractivity contribution in [3.05, 3.63) is 29.6 Å². The Hall–Kier alpha value is -1.13. The Balaban J connectivity index is 2.33. The highest BCUT2D eigenvalue weighted by molar-refractivity contribution is 5.33. The maximum absolute atomic E-state index is 14.4. The van der Waals surface area contributed by atoms with E-state index in [4.69, 9.17) is 9.47 Å². The molecule has 19 heavy (non-hydrogen) atoms. The number of rotatable bonds is 5. The first-order chi connectivity index (χ1) is 9.19. The second kappa shape index (κ2) is 6.35. The summed E-state index contributed by atoms with van der Waals surface area (Å²) in [5, 5.41) is 3.34. The van der Waals surface area contributed by atoms with Gasteiger partial charge in [-0.15, -0.1) is 0 Å². The molecule has 3 nitrogen and oxygen atoms in total. The normalized spacial score (nSPS) is 24.4. The van der Waals surface area contributed by atoms with Crippen LogP contribution in [0, 0.1) is 11.7 Å². The van der Waals surface area contributed by atoms with Crippen LogP contribution < -0.4 is 10.1 Å². The van der Waals surface area contributed by atoms with Gasteiger partial charge in [0, 0.05) is 12.2 Å². The lowest BCUT2D eigenvalue weighted by Crippen LogP contribution is -2.35. The van der Waals surface area contributed by atoms with Gasteiger partial charge in [-0.25, -0.2) is 4.39 Å². The van der Waals surface area contributed by atoms with Crippen molar-refractivity contribution in [1.29, 1.82) is 0 Å². The Kier molecular flexibility index (Phi) is 4.77. The van der Waals surface area contributed by atoms with Crippen LogP contribution in [0.1, 0.15) is 31.9 Å². The maximum atomic E-state index is 14.4. The van der Waals surface area contributed by atoms with Gasteiger partial charge in [-0.1, -0.05) is 26.0 Å². The molecule has 0 aromatic heterocycles. The number of ether oxygens (including phenoxy) is 2. The molecule has 0 bridgehead atoms. The quantitative estimate of drug-likeness (QED) is 0.889. The molecule has 1 N–H and O–H groups in total. The van der Waals surface area contributed by atoms with Crippen molar-refractivity contribution in [3.8, 4) is 5.75 Å². The third kappa shape index (κ3) is 2.90. The third-order valence-corrected chi connectivity index (χ3v) is 3.75. The van der Waals surface area contributed by atoms with Crippen LogP contribution in [0.2, 0.25) is 0 Å². The fraction of sp³-hybridized carbons (Fsp3) is 0.600. The molecule has 0 spiro atoms. The monoisotopic (exact) mass is 267 g/mol. The topological polar surface area (TPSA) is 30.5 Å².